The van der Waals surface area contributed by atoms with Crippen molar-refractivity contribution in [2.24, 2.45) is 10.7 Å². The van der Waals surface area contributed by atoms with Gasteiger partial charge in [0.25, 0.3) is 0 Å². The second kappa shape index (κ2) is 23.0. The number of carbonyl (C=O) groups is 1. The van der Waals surface area contributed by atoms with Crippen molar-refractivity contribution in [3.63, 3.8) is 0 Å². The van der Waals surface area contributed by atoms with Crippen LogP contribution in [0.2, 0.25) is 0 Å². The first kappa shape index (κ1) is 35.7. The number of unbranched alkanes of at least 4 members (excludes halogenated alkanes) is 2. The molecular formula is C31H49N3OS. The number of nitrogens with two attached hydrogens (primary N) is 1. The molecule has 4 nitrogen and oxygen atoms in total. The Bertz CT molecular complexity index is 901. The summed E-state index contributed by atoms with van der Waals surface area (Å²) in [6.45, 7) is 12.2. The summed E-state index contributed by atoms with van der Waals surface area (Å²) in [5.41, 5.74) is 11.9. The molecule has 0 spiro atoms. The van der Waals surface area contributed by atoms with Crippen LogP contribution in [-0.2, 0) is 11.2 Å². The second-order valence-corrected chi connectivity index (χ2v) is 9.32. The molecule has 0 atom stereocenters. The number of nitrogens with zero attached hydrogens (tertiary/aromatic N) is 2. The van der Waals surface area contributed by atoms with E-state index in [-0.39, 0.29) is 0 Å². The summed E-state index contributed by atoms with van der Waals surface area (Å²) in [6.07, 6.45) is 5.49. The van der Waals surface area contributed by atoms with E-state index in [1.165, 1.54) is 34.9 Å². The predicted molar refractivity (Wildman–Crippen MR) is 166 cm³/mol. The maximum atomic E-state index is 9.56. The van der Waals surface area contributed by atoms with Crippen LogP contribution in [0.15, 0.2) is 64.8 Å². The fourth-order valence-electron chi connectivity index (χ4n) is 3.21. The number of allylic oxidation sites excluding steroid dienone is 2. The molecule has 2 N–H and O–H groups in total. The van der Waals surface area contributed by atoms with Crippen LogP contribution in [0.5, 0.6) is 0 Å². The van der Waals surface area contributed by atoms with Gasteiger partial charge in [-0.15, -0.1) is 0 Å². The lowest BCUT2D eigenvalue weighted by Crippen LogP contribution is -1.99. The highest BCUT2D eigenvalue weighted by atomic mass is 32.1. The smallest absolute Gasteiger partial charge is 0.119 e. The molecular weight excluding hydrogens is 462 g/mol. The van der Waals surface area contributed by atoms with Crippen molar-refractivity contribution in [2.75, 3.05) is 28.2 Å². The summed E-state index contributed by atoms with van der Waals surface area (Å²) in [6, 6.07) is 17.4. The Balaban J connectivity index is 0. The normalized spacial score (nSPS) is 10.5. The molecule has 0 aliphatic rings. The van der Waals surface area contributed by atoms with Crippen molar-refractivity contribution >= 4 is 30.6 Å². The average molecular weight is 512 g/mol. The van der Waals surface area contributed by atoms with Crippen molar-refractivity contribution in [1.29, 1.82) is 0 Å². The largest absolute Gasteiger partial charge is 0.333 e. The van der Waals surface area contributed by atoms with Gasteiger partial charge < -0.3 is 15.4 Å². The quantitative estimate of drug-likeness (QED) is 0.155. The number of hydrogen-bond acceptors (Lipinski definition) is 5. The summed E-state index contributed by atoms with van der Waals surface area (Å²) in [5.74, 6) is 0.502. The molecule has 0 fully saturated rings. The highest BCUT2D eigenvalue weighted by Crippen LogP contribution is 2.30. The Morgan fingerprint density at radius 3 is 2.19 bits per heavy atom. The standard InChI is InChI=1S/C22H25NS.C5H10O.C3H9N.CH5N/c1-16(2)21-10-5-6-11-22(21)20-9-7-8-18(15-20)14-19(12-13-24)17(3)23-4;1-2-3-4-5-6;1-4(2)3;1-2/h5-11,13,15-16H,4,12,14H2,1-3H3;5H,2-4H2,1H3;1-3H3;2H2,1H3/b19-17-;;;. The van der Waals surface area contributed by atoms with E-state index < -0.39 is 0 Å². The lowest BCUT2D eigenvalue weighted by molar-refractivity contribution is -0.107. The Morgan fingerprint density at radius 1 is 1.11 bits per heavy atom. The molecule has 0 unspecified atom stereocenters. The van der Waals surface area contributed by atoms with Gasteiger partial charge in [0.2, 0.25) is 0 Å². The summed E-state index contributed by atoms with van der Waals surface area (Å²) in [4.78, 5) is 15.6. The van der Waals surface area contributed by atoms with Crippen LogP contribution in [0.25, 0.3) is 11.1 Å². The van der Waals surface area contributed by atoms with E-state index in [1.807, 2.05) is 33.0 Å². The Hall–Kier alpha value is -2.47. The summed E-state index contributed by atoms with van der Waals surface area (Å²) in [7, 11) is 7.50. The molecule has 2 aromatic carbocycles. The third-order valence-electron chi connectivity index (χ3n) is 4.99. The van der Waals surface area contributed by atoms with Gasteiger partial charge in [0, 0.05) is 12.1 Å². The lowest BCUT2D eigenvalue weighted by atomic mass is 9.91. The summed E-state index contributed by atoms with van der Waals surface area (Å²) >= 11 is 5.04. The third-order valence-corrected chi connectivity index (χ3v) is 5.16. The van der Waals surface area contributed by atoms with Crippen molar-refractivity contribution in [2.45, 2.75) is 65.7 Å². The van der Waals surface area contributed by atoms with Crippen molar-refractivity contribution in [1.82, 2.24) is 4.90 Å². The second-order valence-electron chi connectivity index (χ2n) is 8.99. The minimum Gasteiger partial charge on any atom is -0.333 e. The SMILES string of the molecule is C=N/C(C)=C(/CC=S)Cc1cccc(-c2ccccc2C(C)C)c1.CCCCC=O.CN.CN(C)C. The molecule has 2 aromatic rings. The van der Waals surface area contributed by atoms with E-state index in [0.717, 1.165) is 44.1 Å². The lowest BCUT2D eigenvalue weighted by Gasteiger charge is -2.14. The molecule has 2 rings (SSSR count). The number of aldehydes is 1. The Labute approximate surface area is 226 Å². The number of benzene rings is 2. The monoisotopic (exact) mass is 511 g/mol. The van der Waals surface area contributed by atoms with Crippen molar-refractivity contribution in [3.05, 3.63) is 70.9 Å². The molecule has 0 aliphatic carbocycles. The van der Waals surface area contributed by atoms with Gasteiger partial charge in [0.05, 0.1) is 0 Å². The average Bonchev–Trinajstić information content (AvgIpc) is 2.88. The van der Waals surface area contributed by atoms with E-state index in [1.54, 1.807) is 5.37 Å². The van der Waals surface area contributed by atoms with Gasteiger partial charge in [0.1, 0.15) is 6.29 Å². The van der Waals surface area contributed by atoms with Crippen LogP contribution in [-0.4, -0.2) is 51.5 Å². The van der Waals surface area contributed by atoms with Crippen LogP contribution < -0.4 is 5.73 Å². The van der Waals surface area contributed by atoms with Crippen LogP contribution in [0, 0.1) is 0 Å². The van der Waals surface area contributed by atoms with Gasteiger partial charge in [-0.3, -0.25) is 4.99 Å². The molecule has 0 saturated heterocycles. The Kier molecular flexibility index (Phi) is 22.8. The van der Waals surface area contributed by atoms with Gasteiger partial charge in [-0.2, -0.15) is 0 Å². The van der Waals surface area contributed by atoms with Gasteiger partial charge in [-0.25, -0.2) is 0 Å². The fraction of sp³-hybridized carbons (Fsp3) is 0.452. The number of rotatable bonds is 10. The zero-order valence-corrected chi connectivity index (χ0v) is 24.7. The summed E-state index contributed by atoms with van der Waals surface area (Å²) in [5, 5.41) is 1.77. The molecule has 0 amide bonds. The maximum absolute atomic E-state index is 9.56. The van der Waals surface area contributed by atoms with E-state index in [2.05, 4.69) is 86.7 Å². The first-order valence-corrected chi connectivity index (χ1v) is 13.1. The topological polar surface area (TPSA) is 58.7 Å². The number of carbonyl (C=O) groups excluding carboxylic acids is 1. The van der Waals surface area contributed by atoms with Crippen LogP contribution >= 0.6 is 12.2 Å². The van der Waals surface area contributed by atoms with E-state index in [4.69, 9.17) is 12.2 Å². The van der Waals surface area contributed by atoms with Gasteiger partial charge >= 0.3 is 0 Å². The zero-order valence-electron chi connectivity index (χ0n) is 23.9. The zero-order chi connectivity index (χ0) is 27.9. The molecule has 5 heteroatoms. The summed E-state index contributed by atoms with van der Waals surface area (Å²) < 4.78 is 0. The van der Waals surface area contributed by atoms with Crippen LogP contribution in [0.1, 0.15) is 70.4 Å². The molecule has 0 saturated carbocycles. The first-order chi connectivity index (χ1) is 17.2. The number of hydrogen-bond donors (Lipinski definition) is 1. The van der Waals surface area contributed by atoms with Crippen molar-refractivity contribution < 1.29 is 4.79 Å². The molecule has 0 aromatic heterocycles. The molecule has 36 heavy (non-hydrogen) atoms. The highest BCUT2D eigenvalue weighted by Gasteiger charge is 2.09. The van der Waals surface area contributed by atoms with Gasteiger partial charge in [-0.05, 0) is 100 Å². The fourth-order valence-corrected chi connectivity index (χ4v) is 3.41. The van der Waals surface area contributed by atoms with E-state index in [0.29, 0.717) is 5.92 Å². The van der Waals surface area contributed by atoms with Crippen molar-refractivity contribution in [3.8, 4) is 11.1 Å². The highest BCUT2D eigenvalue weighted by molar-refractivity contribution is 7.79. The number of aliphatic imine (C=N–C) groups is 1. The van der Waals surface area contributed by atoms with E-state index >= 15 is 0 Å². The van der Waals surface area contributed by atoms with Crippen LogP contribution in [0.3, 0.4) is 0 Å². The predicted octanol–water partition coefficient (Wildman–Crippen LogP) is 7.51. The minimum absolute atomic E-state index is 0.502. The van der Waals surface area contributed by atoms with E-state index in [9.17, 15) is 4.79 Å². The minimum atomic E-state index is 0.502. The first-order valence-electron chi connectivity index (χ1n) is 12.6. The Morgan fingerprint density at radius 2 is 1.72 bits per heavy atom. The molecule has 0 bridgehead atoms. The molecule has 200 valence electrons. The van der Waals surface area contributed by atoms with Gasteiger partial charge in [-0.1, -0.05) is 87.9 Å². The number of thiocarbonyl (C=S) groups is 1. The molecule has 0 radical (unpaired) electrons. The third kappa shape index (κ3) is 16.2. The molecule has 0 heterocycles. The molecule has 0 aliphatic heterocycles. The van der Waals surface area contributed by atoms with Gasteiger partial charge in [0.15, 0.2) is 0 Å². The van der Waals surface area contributed by atoms with Crippen LogP contribution in [0.4, 0.5) is 0 Å². The maximum Gasteiger partial charge on any atom is 0.119 e.